The monoisotopic (exact) mass is 286 g/mol. The lowest BCUT2D eigenvalue weighted by atomic mass is 10.1. The fourth-order valence-electron chi connectivity index (χ4n) is 2.20. The van der Waals surface area contributed by atoms with Gasteiger partial charge in [-0.15, -0.1) is 11.3 Å². The molecule has 0 bridgehead atoms. The maximum atomic E-state index is 10.8. The molecular formula is C15H14N2O2S. The first-order valence-corrected chi connectivity index (χ1v) is 7.13. The summed E-state index contributed by atoms with van der Waals surface area (Å²) < 4.78 is 1.06. The smallest absolute Gasteiger partial charge is 0.320 e. The van der Waals surface area contributed by atoms with Crippen molar-refractivity contribution in [3.63, 3.8) is 0 Å². The zero-order chi connectivity index (χ0) is 14.3. The molecule has 102 valence electrons. The number of benzene rings is 2. The molecule has 20 heavy (non-hydrogen) atoms. The highest BCUT2D eigenvalue weighted by atomic mass is 32.1. The van der Waals surface area contributed by atoms with E-state index in [-0.39, 0.29) is 6.42 Å². The van der Waals surface area contributed by atoms with Crippen molar-refractivity contribution >= 4 is 38.3 Å². The van der Waals surface area contributed by atoms with Gasteiger partial charge in [0.2, 0.25) is 0 Å². The van der Waals surface area contributed by atoms with Crippen LogP contribution in [0.2, 0.25) is 0 Å². The molecule has 0 amide bonds. The van der Waals surface area contributed by atoms with E-state index in [1.165, 1.54) is 22.3 Å². The molecule has 3 N–H and O–H groups in total. The third-order valence-corrected chi connectivity index (χ3v) is 4.30. The van der Waals surface area contributed by atoms with Gasteiger partial charge in [-0.1, -0.05) is 23.8 Å². The molecule has 5 heteroatoms. The zero-order valence-electron chi connectivity index (χ0n) is 11.0. The topological polar surface area (TPSA) is 76.2 Å². The van der Waals surface area contributed by atoms with Gasteiger partial charge in [-0.05, 0) is 29.8 Å². The first-order chi connectivity index (χ1) is 9.52. The molecule has 0 fully saturated rings. The van der Waals surface area contributed by atoms with Crippen LogP contribution in [0.25, 0.3) is 21.0 Å². The van der Waals surface area contributed by atoms with E-state index < -0.39 is 12.0 Å². The summed E-state index contributed by atoms with van der Waals surface area (Å²) in [7, 11) is 0. The molecule has 3 rings (SSSR count). The number of nitrogens with zero attached hydrogens (tertiary/aromatic N) is 1. The number of hydrogen-bond acceptors (Lipinski definition) is 4. The molecule has 4 nitrogen and oxygen atoms in total. The number of fused-ring (bicyclic) bond motifs is 2. The first kappa shape index (κ1) is 13.0. The zero-order valence-corrected chi connectivity index (χ0v) is 11.8. The Bertz CT molecular complexity index is 810. The third kappa shape index (κ3) is 2.37. The van der Waals surface area contributed by atoms with Gasteiger partial charge in [0.15, 0.2) is 0 Å². The second kappa shape index (κ2) is 4.85. The highest BCUT2D eigenvalue weighted by Gasteiger charge is 2.15. The molecule has 0 aliphatic rings. The van der Waals surface area contributed by atoms with Crippen molar-refractivity contribution in [3.8, 4) is 0 Å². The average Bonchev–Trinajstić information content (AvgIpc) is 2.76. The van der Waals surface area contributed by atoms with Crippen molar-refractivity contribution in [1.29, 1.82) is 0 Å². The van der Waals surface area contributed by atoms with Gasteiger partial charge in [0.05, 0.1) is 15.2 Å². The summed E-state index contributed by atoms with van der Waals surface area (Å²) in [6, 6.07) is 9.54. The van der Waals surface area contributed by atoms with E-state index >= 15 is 0 Å². The minimum atomic E-state index is -0.995. The predicted molar refractivity (Wildman–Crippen MR) is 81.2 cm³/mol. The second-order valence-corrected chi connectivity index (χ2v) is 6.04. The van der Waals surface area contributed by atoms with E-state index in [0.717, 1.165) is 20.6 Å². The Kier molecular flexibility index (Phi) is 3.16. The SMILES string of the molecule is Cc1ccc2cc3sc(C[C@H](N)C(=O)O)nc3cc2c1. The van der Waals surface area contributed by atoms with Gasteiger partial charge in [-0.25, -0.2) is 4.98 Å². The van der Waals surface area contributed by atoms with Gasteiger partial charge in [0.25, 0.3) is 0 Å². The lowest BCUT2D eigenvalue weighted by molar-refractivity contribution is -0.138. The molecule has 0 spiro atoms. The van der Waals surface area contributed by atoms with Crippen LogP contribution in [0.1, 0.15) is 10.6 Å². The number of thiazole rings is 1. The van der Waals surface area contributed by atoms with Crippen LogP contribution in [0, 0.1) is 6.92 Å². The Morgan fingerprint density at radius 3 is 2.90 bits per heavy atom. The van der Waals surface area contributed by atoms with Gasteiger partial charge in [-0.3, -0.25) is 4.79 Å². The number of carboxylic acids is 1. The quantitative estimate of drug-likeness (QED) is 0.776. The minimum Gasteiger partial charge on any atom is -0.480 e. The lowest BCUT2D eigenvalue weighted by Gasteiger charge is -2.01. The van der Waals surface area contributed by atoms with Crippen molar-refractivity contribution in [2.75, 3.05) is 0 Å². The largest absolute Gasteiger partial charge is 0.480 e. The Balaban J connectivity index is 2.06. The average molecular weight is 286 g/mol. The van der Waals surface area contributed by atoms with E-state index in [4.69, 9.17) is 10.8 Å². The number of rotatable bonds is 3. The molecule has 0 saturated carbocycles. The number of aromatic nitrogens is 1. The molecule has 1 atom stereocenters. The Morgan fingerprint density at radius 1 is 1.35 bits per heavy atom. The first-order valence-electron chi connectivity index (χ1n) is 6.31. The Morgan fingerprint density at radius 2 is 2.15 bits per heavy atom. The summed E-state index contributed by atoms with van der Waals surface area (Å²) in [6.45, 7) is 2.06. The number of aryl methyl sites for hydroxylation is 1. The van der Waals surface area contributed by atoms with Crippen LogP contribution in [-0.2, 0) is 11.2 Å². The van der Waals surface area contributed by atoms with E-state index in [1.54, 1.807) is 0 Å². The van der Waals surface area contributed by atoms with Crippen molar-refractivity contribution in [2.45, 2.75) is 19.4 Å². The van der Waals surface area contributed by atoms with Crippen LogP contribution in [0.5, 0.6) is 0 Å². The number of carboxylic acid groups (broad SMARTS) is 1. The highest BCUT2D eigenvalue weighted by molar-refractivity contribution is 7.18. The number of aliphatic carboxylic acids is 1. The molecular weight excluding hydrogens is 272 g/mol. The Labute approximate surface area is 119 Å². The van der Waals surface area contributed by atoms with Crippen molar-refractivity contribution < 1.29 is 9.90 Å². The van der Waals surface area contributed by atoms with Crippen LogP contribution >= 0.6 is 11.3 Å². The molecule has 1 aromatic heterocycles. The number of nitrogens with two attached hydrogens (primary N) is 1. The molecule has 0 saturated heterocycles. The minimum absolute atomic E-state index is 0.268. The van der Waals surface area contributed by atoms with Gasteiger partial charge in [0, 0.05) is 6.42 Å². The summed E-state index contributed by atoms with van der Waals surface area (Å²) in [4.78, 5) is 15.3. The maximum absolute atomic E-state index is 10.8. The summed E-state index contributed by atoms with van der Waals surface area (Å²) in [5.74, 6) is -0.995. The summed E-state index contributed by atoms with van der Waals surface area (Å²) >= 11 is 1.51. The van der Waals surface area contributed by atoms with Gasteiger partial charge in [0.1, 0.15) is 6.04 Å². The van der Waals surface area contributed by atoms with E-state index in [9.17, 15) is 4.79 Å². The Hall–Kier alpha value is -1.98. The molecule has 0 radical (unpaired) electrons. The van der Waals surface area contributed by atoms with Crippen LogP contribution in [0.4, 0.5) is 0 Å². The second-order valence-electron chi connectivity index (χ2n) is 4.93. The third-order valence-electron chi connectivity index (χ3n) is 3.26. The number of carbonyl (C=O) groups is 1. The van der Waals surface area contributed by atoms with Crippen molar-refractivity contribution in [1.82, 2.24) is 4.98 Å². The van der Waals surface area contributed by atoms with E-state index in [0.29, 0.717) is 0 Å². The molecule has 0 aliphatic heterocycles. The summed E-state index contributed by atoms with van der Waals surface area (Å²) in [6.07, 6.45) is 0.268. The molecule has 1 heterocycles. The summed E-state index contributed by atoms with van der Waals surface area (Å²) in [5, 5.41) is 11.9. The van der Waals surface area contributed by atoms with Crippen LogP contribution < -0.4 is 5.73 Å². The number of hydrogen-bond donors (Lipinski definition) is 2. The fraction of sp³-hybridized carbons (Fsp3) is 0.200. The summed E-state index contributed by atoms with van der Waals surface area (Å²) in [5.41, 5.74) is 7.67. The molecule has 0 aliphatic carbocycles. The van der Waals surface area contributed by atoms with Crippen molar-refractivity contribution in [2.24, 2.45) is 5.73 Å². The molecule has 0 unspecified atom stereocenters. The lowest BCUT2D eigenvalue weighted by Crippen LogP contribution is -2.32. The molecule has 3 aromatic rings. The highest BCUT2D eigenvalue weighted by Crippen LogP contribution is 2.28. The van der Waals surface area contributed by atoms with Crippen LogP contribution in [0.3, 0.4) is 0 Å². The van der Waals surface area contributed by atoms with Gasteiger partial charge >= 0.3 is 5.97 Å². The van der Waals surface area contributed by atoms with Crippen LogP contribution in [0.15, 0.2) is 30.3 Å². The normalized spacial score (nSPS) is 12.9. The fourth-order valence-corrected chi connectivity index (χ4v) is 3.26. The van der Waals surface area contributed by atoms with E-state index in [2.05, 4.69) is 36.2 Å². The molecule has 2 aromatic carbocycles. The van der Waals surface area contributed by atoms with Crippen LogP contribution in [-0.4, -0.2) is 22.1 Å². The predicted octanol–water partition coefficient (Wildman–Crippen LogP) is 2.71. The van der Waals surface area contributed by atoms with Gasteiger partial charge < -0.3 is 10.8 Å². The van der Waals surface area contributed by atoms with E-state index in [1.807, 2.05) is 6.07 Å². The maximum Gasteiger partial charge on any atom is 0.320 e. The van der Waals surface area contributed by atoms with Gasteiger partial charge in [-0.2, -0.15) is 0 Å². The standard InChI is InChI=1S/C15H14N2O2S/c1-8-2-3-9-6-13-12(5-10(9)4-8)17-14(20-13)7-11(16)15(18)19/h2-6,11H,7,16H2,1H3,(H,18,19)/t11-/m0/s1. The van der Waals surface area contributed by atoms with Crippen molar-refractivity contribution in [3.05, 3.63) is 40.9 Å².